The number of hydrogen-bond donors (Lipinski definition) is 1. The molecule has 0 aromatic carbocycles. The lowest BCUT2D eigenvalue weighted by Gasteiger charge is -2.39. The van der Waals surface area contributed by atoms with Crippen LogP contribution in [0.15, 0.2) is 5.51 Å². The van der Waals surface area contributed by atoms with E-state index < -0.39 is 11.4 Å². The first kappa shape index (κ1) is 15.0. The van der Waals surface area contributed by atoms with Crippen LogP contribution in [-0.2, 0) is 4.79 Å². The smallest absolute Gasteiger partial charge is 0.311 e. The number of aryl methyl sites for hydroxylation is 1. The zero-order valence-electron chi connectivity index (χ0n) is 11.9. The van der Waals surface area contributed by atoms with Gasteiger partial charge in [-0.2, -0.15) is 0 Å². The van der Waals surface area contributed by atoms with Gasteiger partial charge in [-0.1, -0.05) is 13.3 Å². The van der Waals surface area contributed by atoms with Crippen molar-refractivity contribution < 1.29 is 14.7 Å². The Bertz CT molecular complexity index is 510. The maximum absolute atomic E-state index is 12.5. The van der Waals surface area contributed by atoms with Gasteiger partial charge in [0.25, 0.3) is 5.91 Å². The van der Waals surface area contributed by atoms with E-state index in [-0.39, 0.29) is 5.91 Å². The Morgan fingerprint density at radius 2 is 2.30 bits per heavy atom. The van der Waals surface area contributed by atoms with E-state index in [2.05, 4.69) is 4.98 Å². The molecule has 110 valence electrons. The standard InChI is InChI=1S/C14H20N2O3S/c1-3-5-14(13(18)19)6-4-7-16(8-14)12(17)11-10(2)15-9-20-11/h9H,3-8H2,1-2H3,(H,18,19). The lowest BCUT2D eigenvalue weighted by atomic mass is 9.76. The molecule has 1 unspecified atom stereocenters. The van der Waals surface area contributed by atoms with Crippen LogP contribution >= 0.6 is 11.3 Å². The molecule has 2 rings (SSSR count). The first-order valence-electron chi connectivity index (χ1n) is 6.93. The van der Waals surface area contributed by atoms with Crippen LogP contribution in [0.5, 0.6) is 0 Å². The van der Waals surface area contributed by atoms with Gasteiger partial charge >= 0.3 is 5.97 Å². The summed E-state index contributed by atoms with van der Waals surface area (Å²) in [5.74, 6) is -0.857. The van der Waals surface area contributed by atoms with Gasteiger partial charge in [-0.3, -0.25) is 9.59 Å². The van der Waals surface area contributed by atoms with Crippen LogP contribution in [0.25, 0.3) is 0 Å². The average Bonchev–Trinajstić information content (AvgIpc) is 2.84. The van der Waals surface area contributed by atoms with Crippen molar-refractivity contribution in [2.75, 3.05) is 13.1 Å². The van der Waals surface area contributed by atoms with Crippen molar-refractivity contribution in [2.45, 2.75) is 39.5 Å². The van der Waals surface area contributed by atoms with Gasteiger partial charge in [0.2, 0.25) is 0 Å². The second-order valence-electron chi connectivity index (χ2n) is 5.43. The molecular weight excluding hydrogens is 276 g/mol. The predicted octanol–water partition coefficient (Wildman–Crippen LogP) is 2.56. The number of carboxylic acid groups (broad SMARTS) is 1. The molecule has 1 aliphatic rings. The van der Waals surface area contributed by atoms with E-state index in [1.807, 2.05) is 13.8 Å². The van der Waals surface area contributed by atoms with Gasteiger partial charge in [0, 0.05) is 13.1 Å². The summed E-state index contributed by atoms with van der Waals surface area (Å²) >= 11 is 1.32. The molecule has 1 aromatic heterocycles. The molecule has 1 N–H and O–H groups in total. The zero-order valence-corrected chi connectivity index (χ0v) is 12.7. The number of carboxylic acids is 1. The molecule has 1 fully saturated rings. The molecule has 1 aliphatic heterocycles. The fourth-order valence-corrected chi connectivity index (χ4v) is 3.69. The summed E-state index contributed by atoms with van der Waals surface area (Å²) in [4.78, 5) is 30.6. The van der Waals surface area contributed by atoms with Crippen molar-refractivity contribution in [1.29, 1.82) is 0 Å². The molecule has 0 saturated carbocycles. The van der Waals surface area contributed by atoms with Crippen LogP contribution in [0.1, 0.15) is 48.0 Å². The predicted molar refractivity (Wildman–Crippen MR) is 77.0 cm³/mol. The largest absolute Gasteiger partial charge is 0.481 e. The van der Waals surface area contributed by atoms with Crippen LogP contribution < -0.4 is 0 Å². The summed E-state index contributed by atoms with van der Waals surface area (Å²) < 4.78 is 0. The maximum atomic E-state index is 12.5. The summed E-state index contributed by atoms with van der Waals surface area (Å²) in [5.41, 5.74) is 1.60. The lowest BCUT2D eigenvalue weighted by Crippen LogP contribution is -2.49. The van der Waals surface area contributed by atoms with Crippen molar-refractivity contribution in [3.05, 3.63) is 16.1 Å². The first-order chi connectivity index (χ1) is 9.50. The highest BCUT2D eigenvalue weighted by molar-refractivity contribution is 7.11. The Hall–Kier alpha value is -1.43. The number of nitrogens with zero attached hydrogens (tertiary/aromatic N) is 2. The van der Waals surface area contributed by atoms with Crippen molar-refractivity contribution in [2.24, 2.45) is 5.41 Å². The summed E-state index contributed by atoms with van der Waals surface area (Å²) in [7, 11) is 0. The fourth-order valence-electron chi connectivity index (χ4n) is 2.92. The second kappa shape index (κ2) is 5.91. The molecule has 0 bridgehead atoms. The quantitative estimate of drug-likeness (QED) is 0.927. The van der Waals surface area contributed by atoms with Gasteiger partial charge in [-0.05, 0) is 26.2 Å². The highest BCUT2D eigenvalue weighted by atomic mass is 32.1. The minimum absolute atomic E-state index is 0.0774. The van der Waals surface area contributed by atoms with E-state index in [4.69, 9.17) is 0 Å². The number of thiazole rings is 1. The average molecular weight is 296 g/mol. The third-order valence-corrected chi connectivity index (χ3v) is 4.90. The molecule has 1 saturated heterocycles. The summed E-state index contributed by atoms with van der Waals surface area (Å²) in [6, 6.07) is 0. The molecule has 5 nitrogen and oxygen atoms in total. The van der Waals surface area contributed by atoms with Crippen LogP contribution in [0, 0.1) is 12.3 Å². The minimum Gasteiger partial charge on any atom is -0.481 e. The molecule has 20 heavy (non-hydrogen) atoms. The summed E-state index contributed by atoms with van der Waals surface area (Å²) in [6.45, 7) is 4.74. The molecule has 2 heterocycles. The third-order valence-electron chi connectivity index (χ3n) is 3.99. The number of aliphatic carboxylic acids is 1. The second-order valence-corrected chi connectivity index (χ2v) is 6.29. The molecule has 1 aromatic rings. The topological polar surface area (TPSA) is 70.5 Å². The van der Waals surface area contributed by atoms with Gasteiger partial charge in [0.15, 0.2) is 0 Å². The van der Waals surface area contributed by atoms with Crippen molar-refractivity contribution in [3.8, 4) is 0 Å². The summed E-state index contributed by atoms with van der Waals surface area (Å²) in [6.07, 6.45) is 2.83. The maximum Gasteiger partial charge on any atom is 0.311 e. The minimum atomic E-state index is -0.780. The molecule has 0 spiro atoms. The number of aromatic nitrogens is 1. The van der Waals surface area contributed by atoms with Gasteiger partial charge in [0.05, 0.1) is 16.6 Å². The third kappa shape index (κ3) is 2.70. The number of carbonyl (C=O) groups excluding carboxylic acids is 1. The fraction of sp³-hybridized carbons (Fsp3) is 0.643. The monoisotopic (exact) mass is 296 g/mol. The van der Waals surface area contributed by atoms with Crippen LogP contribution in [0.2, 0.25) is 0 Å². The van der Waals surface area contributed by atoms with Gasteiger partial charge in [0.1, 0.15) is 4.88 Å². The van der Waals surface area contributed by atoms with E-state index in [1.165, 1.54) is 11.3 Å². The SMILES string of the molecule is CCCC1(C(=O)O)CCCN(C(=O)c2scnc2C)C1. The van der Waals surface area contributed by atoms with E-state index >= 15 is 0 Å². The van der Waals surface area contributed by atoms with Crippen LogP contribution in [-0.4, -0.2) is 40.0 Å². The Morgan fingerprint density at radius 1 is 1.55 bits per heavy atom. The number of likely N-dealkylation sites (tertiary alicyclic amines) is 1. The summed E-state index contributed by atoms with van der Waals surface area (Å²) in [5, 5.41) is 9.56. The van der Waals surface area contributed by atoms with Crippen molar-refractivity contribution in [3.63, 3.8) is 0 Å². The van der Waals surface area contributed by atoms with Gasteiger partial charge < -0.3 is 10.0 Å². The molecule has 0 radical (unpaired) electrons. The van der Waals surface area contributed by atoms with Crippen molar-refractivity contribution >= 4 is 23.2 Å². The van der Waals surface area contributed by atoms with E-state index in [1.54, 1.807) is 10.4 Å². The highest BCUT2D eigenvalue weighted by Crippen LogP contribution is 2.36. The normalized spacial score (nSPS) is 22.8. The van der Waals surface area contributed by atoms with Crippen LogP contribution in [0.4, 0.5) is 0 Å². The zero-order chi connectivity index (χ0) is 14.8. The van der Waals surface area contributed by atoms with E-state index in [0.717, 1.165) is 18.5 Å². The van der Waals surface area contributed by atoms with Crippen LogP contribution in [0.3, 0.4) is 0 Å². The Labute approximate surface area is 122 Å². The number of rotatable bonds is 4. The van der Waals surface area contributed by atoms with Gasteiger partial charge in [-0.25, -0.2) is 4.98 Å². The Morgan fingerprint density at radius 3 is 2.85 bits per heavy atom. The highest BCUT2D eigenvalue weighted by Gasteiger charge is 2.43. The molecule has 6 heteroatoms. The molecular formula is C14H20N2O3S. The number of carbonyl (C=O) groups is 2. The number of amides is 1. The molecule has 0 aliphatic carbocycles. The lowest BCUT2D eigenvalue weighted by molar-refractivity contribution is -0.152. The van der Waals surface area contributed by atoms with Crippen molar-refractivity contribution in [1.82, 2.24) is 9.88 Å². The molecule has 1 amide bonds. The van der Waals surface area contributed by atoms with E-state index in [0.29, 0.717) is 30.8 Å². The van der Waals surface area contributed by atoms with E-state index in [9.17, 15) is 14.7 Å². The first-order valence-corrected chi connectivity index (χ1v) is 7.81. The van der Waals surface area contributed by atoms with Gasteiger partial charge in [-0.15, -0.1) is 11.3 Å². The number of piperidine rings is 1. The number of hydrogen-bond acceptors (Lipinski definition) is 4. The molecule has 1 atom stereocenters. The Kier molecular flexibility index (Phi) is 4.42. The Balaban J connectivity index is 2.20.